The first-order valence-electron chi connectivity index (χ1n) is 20.0. The smallest absolute Gasteiger partial charge is 0.407 e. The van der Waals surface area contributed by atoms with Gasteiger partial charge in [0.2, 0.25) is 5.91 Å². The van der Waals surface area contributed by atoms with Crippen molar-refractivity contribution >= 4 is 29.7 Å². The Bertz CT molecular complexity index is 2420. The molecule has 0 radical (unpaired) electrons. The number of carbonyl (C=O) groups excluding carboxylic acids is 3. The van der Waals surface area contributed by atoms with Gasteiger partial charge in [-0.15, -0.1) is 0 Å². The van der Waals surface area contributed by atoms with E-state index in [9.17, 15) is 14.4 Å². The number of likely N-dealkylation sites (tertiary alicyclic amines) is 2. The zero-order valence-corrected chi connectivity index (χ0v) is 33.5. The molecule has 2 fully saturated rings. The van der Waals surface area contributed by atoms with Gasteiger partial charge < -0.3 is 34.7 Å². The van der Waals surface area contributed by atoms with Crippen molar-refractivity contribution in [2.45, 2.75) is 43.8 Å². The van der Waals surface area contributed by atoms with Gasteiger partial charge in [-0.1, -0.05) is 91.0 Å². The van der Waals surface area contributed by atoms with Crippen LogP contribution in [-0.4, -0.2) is 81.9 Å². The van der Waals surface area contributed by atoms with Gasteiger partial charge in [0.1, 0.15) is 17.7 Å². The highest BCUT2D eigenvalue weighted by atomic mass is 16.5. The summed E-state index contributed by atoms with van der Waals surface area (Å²) in [6, 6.07) is 32.8. The molecule has 6 aromatic rings. The van der Waals surface area contributed by atoms with Crippen molar-refractivity contribution in [3.05, 3.63) is 144 Å². The first kappa shape index (κ1) is 38.9. The Hall–Kier alpha value is -6.95. The summed E-state index contributed by atoms with van der Waals surface area (Å²) >= 11 is 0. The van der Waals surface area contributed by atoms with E-state index in [1.54, 1.807) is 11.0 Å². The van der Waals surface area contributed by atoms with Crippen LogP contribution in [-0.2, 0) is 14.3 Å². The molecule has 2 aliphatic heterocycles. The van der Waals surface area contributed by atoms with Crippen LogP contribution in [0.4, 0.5) is 10.5 Å². The normalized spacial score (nSPS) is 17.0. The molecule has 2 aromatic heterocycles. The van der Waals surface area contributed by atoms with Crippen molar-refractivity contribution in [3.8, 4) is 33.6 Å². The van der Waals surface area contributed by atoms with E-state index in [-0.39, 0.29) is 23.9 Å². The van der Waals surface area contributed by atoms with Gasteiger partial charge in [-0.25, -0.2) is 14.8 Å². The number of anilines is 1. The van der Waals surface area contributed by atoms with Crippen LogP contribution in [0.2, 0.25) is 0 Å². The molecule has 3 N–H and O–H groups in total. The van der Waals surface area contributed by atoms with Gasteiger partial charge in [-0.3, -0.25) is 9.59 Å². The van der Waals surface area contributed by atoms with Gasteiger partial charge in [0.25, 0.3) is 5.91 Å². The molecule has 0 saturated carbocycles. The average molecular weight is 789 g/mol. The summed E-state index contributed by atoms with van der Waals surface area (Å²) in [7, 11) is 5.30. The number of carbonyl (C=O) groups is 3. The maximum atomic E-state index is 13.9. The Morgan fingerprint density at radius 1 is 0.729 bits per heavy atom. The molecule has 0 bridgehead atoms. The third kappa shape index (κ3) is 8.52. The van der Waals surface area contributed by atoms with Crippen molar-refractivity contribution in [3.63, 3.8) is 0 Å². The Balaban J connectivity index is 0.905. The topological polar surface area (TPSA) is 140 Å². The molecule has 2 saturated heterocycles. The summed E-state index contributed by atoms with van der Waals surface area (Å²) in [5.41, 5.74) is 8.70. The maximum absolute atomic E-state index is 13.9. The molecule has 59 heavy (non-hydrogen) atoms. The SMILES string of the molecule is COC(=O)N[C@@H](C(=O)N1CCC[C@H]1c1ncc(-c2ccc(-c3ccc(-c4cnc([C@@H]5CCCN5C(=O)C=Cc5ccc(N(C)C)cc5)[nH]4)cc3)cc2)[nH]1)c1ccccc1. The number of aromatic amines is 2. The van der Waals surface area contributed by atoms with Crippen molar-refractivity contribution in [1.82, 2.24) is 35.1 Å². The minimum absolute atomic E-state index is 0.0125. The van der Waals surface area contributed by atoms with Gasteiger partial charge in [-0.2, -0.15) is 0 Å². The highest BCUT2D eigenvalue weighted by Gasteiger charge is 2.37. The monoisotopic (exact) mass is 788 g/mol. The lowest BCUT2D eigenvalue weighted by Gasteiger charge is -2.28. The molecule has 12 nitrogen and oxygen atoms in total. The molecule has 8 rings (SSSR count). The summed E-state index contributed by atoms with van der Waals surface area (Å²) in [5.74, 6) is 1.30. The summed E-state index contributed by atoms with van der Waals surface area (Å²) in [6.45, 7) is 1.26. The minimum Gasteiger partial charge on any atom is -0.453 e. The van der Waals surface area contributed by atoms with Crippen LogP contribution in [0.25, 0.3) is 39.7 Å². The second-order valence-corrected chi connectivity index (χ2v) is 15.2. The molecular weight excluding hydrogens is 741 g/mol. The molecule has 0 aliphatic carbocycles. The Labute approximate surface area is 344 Å². The number of imidazole rings is 2. The number of amides is 3. The quantitative estimate of drug-likeness (QED) is 0.112. The standard InChI is InChI=1S/C47H48N8O4/c1-53(2)37-24-13-31(14-25-37)15-26-42(56)54-27-7-11-40(54)44-48-29-38(50-44)34-20-16-32(17-21-34)33-18-22-35(23-19-33)39-30-49-45(51-39)41-12-8-28-55(41)46(57)43(52-47(58)59-3)36-9-5-4-6-10-36/h4-6,9-10,13-26,29-30,40-41,43H,7-8,11-12,27-28H2,1-3H3,(H,48,50)(H,49,51)(H,52,58)/t40-,41-,43+/m0/s1. The van der Waals surface area contributed by atoms with E-state index < -0.39 is 12.1 Å². The van der Waals surface area contributed by atoms with Gasteiger partial charge in [0, 0.05) is 38.9 Å². The molecule has 0 spiro atoms. The lowest BCUT2D eigenvalue weighted by atomic mass is 10.0. The highest BCUT2D eigenvalue weighted by Crippen LogP contribution is 2.35. The van der Waals surface area contributed by atoms with Crippen LogP contribution in [0.15, 0.2) is 122 Å². The van der Waals surface area contributed by atoms with Gasteiger partial charge in [0.05, 0.1) is 43.0 Å². The molecular formula is C47H48N8O4. The van der Waals surface area contributed by atoms with Crippen molar-refractivity contribution in [2.75, 3.05) is 39.2 Å². The van der Waals surface area contributed by atoms with Gasteiger partial charge in [-0.05, 0) is 77.3 Å². The number of hydrogen-bond acceptors (Lipinski definition) is 7. The van der Waals surface area contributed by atoms with Crippen molar-refractivity contribution < 1.29 is 19.1 Å². The van der Waals surface area contributed by atoms with Crippen molar-refractivity contribution in [1.29, 1.82) is 0 Å². The highest BCUT2D eigenvalue weighted by molar-refractivity contribution is 5.92. The molecule has 3 atom stereocenters. The van der Waals surface area contributed by atoms with Gasteiger partial charge in [0.15, 0.2) is 0 Å². The molecule has 0 unspecified atom stereocenters. The maximum Gasteiger partial charge on any atom is 0.407 e. The van der Waals surface area contributed by atoms with E-state index in [0.29, 0.717) is 24.5 Å². The second-order valence-electron chi connectivity index (χ2n) is 15.2. The number of hydrogen-bond donors (Lipinski definition) is 3. The fourth-order valence-corrected chi connectivity index (χ4v) is 8.04. The van der Waals surface area contributed by atoms with E-state index in [4.69, 9.17) is 14.7 Å². The van der Waals surface area contributed by atoms with E-state index >= 15 is 0 Å². The van der Waals surface area contributed by atoms with Gasteiger partial charge >= 0.3 is 6.09 Å². The summed E-state index contributed by atoms with van der Waals surface area (Å²) in [5, 5.41) is 2.72. The fourth-order valence-electron chi connectivity index (χ4n) is 8.04. The first-order valence-corrected chi connectivity index (χ1v) is 20.0. The van der Waals surface area contributed by atoms with Crippen LogP contribution >= 0.6 is 0 Å². The van der Waals surface area contributed by atoms with E-state index in [1.807, 2.05) is 97.0 Å². The minimum atomic E-state index is -0.872. The number of aromatic nitrogens is 4. The zero-order valence-electron chi connectivity index (χ0n) is 33.5. The lowest BCUT2D eigenvalue weighted by Crippen LogP contribution is -2.42. The summed E-state index contributed by atoms with van der Waals surface area (Å²) in [6.07, 6.45) is 9.91. The summed E-state index contributed by atoms with van der Waals surface area (Å²) in [4.78, 5) is 61.5. The predicted octanol–water partition coefficient (Wildman–Crippen LogP) is 8.34. The van der Waals surface area contributed by atoms with E-state index in [2.05, 4.69) is 63.8 Å². The summed E-state index contributed by atoms with van der Waals surface area (Å²) < 4.78 is 4.83. The average Bonchev–Trinajstić information content (AvgIpc) is 4.12. The Kier molecular flexibility index (Phi) is 11.4. The molecule has 12 heteroatoms. The number of nitrogens with one attached hydrogen (secondary N) is 3. The fraction of sp³-hybridized carbons (Fsp3) is 0.255. The number of ether oxygens (including phenoxy) is 1. The van der Waals surface area contributed by atoms with Crippen LogP contribution in [0.5, 0.6) is 0 Å². The number of rotatable bonds is 11. The second kappa shape index (κ2) is 17.3. The third-order valence-corrected chi connectivity index (χ3v) is 11.3. The van der Waals surface area contributed by atoms with Crippen LogP contribution in [0.1, 0.15) is 66.6 Å². The van der Waals surface area contributed by atoms with Crippen LogP contribution in [0, 0.1) is 0 Å². The number of nitrogens with zero attached hydrogens (tertiary/aromatic N) is 5. The van der Waals surface area contributed by atoms with E-state index in [1.165, 1.54) is 7.11 Å². The van der Waals surface area contributed by atoms with Crippen molar-refractivity contribution in [2.24, 2.45) is 0 Å². The largest absolute Gasteiger partial charge is 0.453 e. The lowest BCUT2D eigenvalue weighted by molar-refractivity contribution is -0.134. The molecule has 3 amide bonds. The Morgan fingerprint density at radius 3 is 1.80 bits per heavy atom. The first-order chi connectivity index (χ1) is 28.7. The predicted molar refractivity (Wildman–Crippen MR) is 229 cm³/mol. The molecule has 2 aliphatic rings. The van der Waals surface area contributed by atoms with E-state index in [0.717, 1.165) is 76.4 Å². The molecule has 4 heterocycles. The molecule has 300 valence electrons. The Morgan fingerprint density at radius 2 is 1.25 bits per heavy atom. The van der Waals surface area contributed by atoms with Crippen LogP contribution < -0.4 is 10.2 Å². The zero-order chi connectivity index (χ0) is 40.9. The number of methoxy groups -OCH3 is 1. The number of H-pyrrole nitrogens is 2. The third-order valence-electron chi connectivity index (χ3n) is 11.3. The number of benzene rings is 4. The molecule has 4 aromatic carbocycles. The number of alkyl carbamates (subject to hydrolysis) is 1. The van der Waals surface area contributed by atoms with Crippen LogP contribution in [0.3, 0.4) is 0 Å².